The molecule has 8 aromatic rings. The van der Waals surface area contributed by atoms with Gasteiger partial charge in [0.25, 0.3) is 0 Å². The smallest absolute Gasteiger partial charge is 0.131 e. The Bertz CT molecular complexity index is 4840. The van der Waals surface area contributed by atoms with E-state index in [0.29, 0.717) is 18.0 Å². The third-order valence-electron chi connectivity index (χ3n) is 29.6. The van der Waals surface area contributed by atoms with Crippen molar-refractivity contribution in [1.29, 1.82) is 0 Å². The monoisotopic (exact) mass is 2010 g/mol. The van der Waals surface area contributed by atoms with Crippen molar-refractivity contribution in [2.24, 2.45) is 17.8 Å². The Morgan fingerprint density at radius 3 is 1.05 bits per heavy atom. The fraction of sp³-hybridized carbons (Fsp3) is 0.669. The molecule has 5 aliphatic heterocycles. The lowest BCUT2D eigenvalue weighted by molar-refractivity contribution is -0.0316. The molecule has 8 aliphatic rings. The lowest BCUT2D eigenvalue weighted by atomic mass is 9.76. The summed E-state index contributed by atoms with van der Waals surface area (Å²) in [6.45, 7) is 77.2. The number of nitrogens with zero attached hydrogens (tertiary/aromatic N) is 12. The van der Waals surface area contributed by atoms with Crippen LogP contribution in [-0.2, 0) is 67.3 Å². The molecule has 0 spiro atoms. The maximum Gasteiger partial charge on any atom is 0.131 e. The van der Waals surface area contributed by atoms with E-state index in [1.807, 2.05) is 6.20 Å². The number of hydrogen-bond acceptors (Lipinski definition) is 19. The molecule has 3 saturated carbocycles. The summed E-state index contributed by atoms with van der Waals surface area (Å²) in [4.78, 5) is 41.6. The number of piperidine rings is 2. The number of likely N-dealkylation sites (tertiary alicyclic amines) is 3. The first-order valence-electron chi connectivity index (χ1n) is 56.7. The molecule has 0 atom stereocenters. The number of aromatic nitrogens is 6. The van der Waals surface area contributed by atoms with E-state index < -0.39 is 0 Å². The van der Waals surface area contributed by atoms with Gasteiger partial charge in [-0.05, 0) is 371 Å². The van der Waals surface area contributed by atoms with Gasteiger partial charge in [0.05, 0.1) is 33.0 Å². The van der Waals surface area contributed by atoms with Gasteiger partial charge < -0.3 is 58.8 Å². The van der Waals surface area contributed by atoms with Crippen molar-refractivity contribution in [2.75, 3.05) is 157 Å². The van der Waals surface area contributed by atoms with Crippen molar-refractivity contribution in [2.45, 2.75) is 389 Å². The highest BCUT2D eigenvalue weighted by atomic mass is 16.5. The molecule has 8 fully saturated rings. The number of anilines is 2. The van der Waals surface area contributed by atoms with E-state index >= 15 is 0 Å². The summed E-state index contributed by atoms with van der Waals surface area (Å²) in [5, 5.41) is 7.01. The Kier molecular flexibility index (Phi) is 48.6. The fourth-order valence-electron chi connectivity index (χ4n) is 18.7. The molecular weight excluding hydrogens is 1800 g/mol. The van der Waals surface area contributed by atoms with Crippen LogP contribution in [0, 0.1) is 17.8 Å². The summed E-state index contributed by atoms with van der Waals surface area (Å²) in [6, 6.07) is 50.1. The maximum atomic E-state index is 5.83. The zero-order chi connectivity index (χ0) is 106. The topological polar surface area (TPSA) is 167 Å². The minimum atomic E-state index is 0.115. The van der Waals surface area contributed by atoms with Gasteiger partial charge >= 0.3 is 0 Å². The first-order valence-corrected chi connectivity index (χ1v) is 56.7. The highest BCUT2D eigenvalue weighted by Gasteiger charge is 2.34. The first-order chi connectivity index (χ1) is 68.9. The summed E-state index contributed by atoms with van der Waals surface area (Å²) < 4.78 is 28.3. The predicted octanol–water partition coefficient (Wildman–Crippen LogP) is 27.1. The van der Waals surface area contributed by atoms with Crippen LogP contribution in [0.2, 0.25) is 0 Å². The lowest BCUT2D eigenvalue weighted by Crippen LogP contribution is -2.41. The molecule has 3 aliphatic carbocycles. The molecule has 19 heteroatoms. The molecule has 5 saturated heterocycles. The van der Waals surface area contributed by atoms with E-state index in [0.717, 1.165) is 168 Å². The number of rotatable bonds is 31. The number of nitrogens with one attached hydrogen (secondary N) is 2. The van der Waals surface area contributed by atoms with Gasteiger partial charge in [-0.3, -0.25) is 9.88 Å². The Morgan fingerprint density at radius 1 is 0.349 bits per heavy atom. The van der Waals surface area contributed by atoms with Crippen molar-refractivity contribution in [3.63, 3.8) is 0 Å². The summed E-state index contributed by atoms with van der Waals surface area (Å²) in [6.07, 6.45) is 33.3. The fourth-order valence-corrected chi connectivity index (χ4v) is 18.7. The number of pyridine rings is 2. The molecule has 146 heavy (non-hydrogen) atoms. The number of benzene rings is 4. The van der Waals surface area contributed by atoms with Crippen molar-refractivity contribution < 1.29 is 23.7 Å². The molecule has 16 rings (SSSR count). The molecule has 19 nitrogen and oxygen atoms in total. The second-order valence-corrected chi connectivity index (χ2v) is 52.0. The van der Waals surface area contributed by atoms with E-state index in [4.69, 9.17) is 28.7 Å². The van der Waals surface area contributed by atoms with Crippen molar-refractivity contribution in [3.05, 3.63) is 214 Å². The Labute approximate surface area is 889 Å². The van der Waals surface area contributed by atoms with Gasteiger partial charge in [-0.25, -0.2) is 24.9 Å². The summed E-state index contributed by atoms with van der Waals surface area (Å²) >= 11 is 0. The van der Waals surface area contributed by atoms with Crippen LogP contribution in [0.4, 0.5) is 11.6 Å². The molecule has 0 radical (unpaired) electrons. The SMILES string of the molecule is CC(C)(C)c1cc(NC2CCC2)nc(N2CCCCC2)c1.CC(C)(C)c1ccc(OCCCN2CCC2)cc1.CC(C)(C)c1ccc(OCCCN2CCCC2)cc1.CC(C)(C)c1ccc(OCCN2CCCCC2)cc1.CC(C)(C)c1ccnc(CC2COC2)c1.CC(C)NCCCOc1ccc(C(C)(C)C)cc1.CN(C)C1CC(Cc2cc(C(C)(C)C)ncn2)C1.CN(C)C1CC(Cc2cc(C(C)(C)C)ncn2)C1. The molecule has 4 aromatic heterocycles. The zero-order valence-corrected chi connectivity index (χ0v) is 97.7. The van der Waals surface area contributed by atoms with Crippen LogP contribution >= 0.6 is 0 Å². The van der Waals surface area contributed by atoms with Gasteiger partial charge in [-0.2, -0.15) is 0 Å². The van der Waals surface area contributed by atoms with Crippen LogP contribution in [0.25, 0.3) is 0 Å². The summed E-state index contributed by atoms with van der Waals surface area (Å²) in [5.41, 5.74) is 15.6. The van der Waals surface area contributed by atoms with Crippen LogP contribution in [-0.4, -0.2) is 225 Å². The van der Waals surface area contributed by atoms with Gasteiger partial charge in [0.15, 0.2) is 0 Å². The van der Waals surface area contributed by atoms with Gasteiger partial charge in [0.1, 0.15) is 53.9 Å². The molecule has 4 aromatic carbocycles. The third kappa shape index (κ3) is 44.8. The highest BCUT2D eigenvalue weighted by Crippen LogP contribution is 2.38. The van der Waals surface area contributed by atoms with E-state index in [-0.39, 0.29) is 43.3 Å². The standard InChI is InChI=1S/C18H29N3.2C17H27NO.C16H25NO.C16H27NO.2C15H25N3.C13H19NO/c1-18(2,3)14-12-16(19-15-8-7-9-15)20-17(13-14)21-10-5-4-6-11-21;1-17(2,3)15-7-9-16(10-8-15)19-14-6-13-18-11-4-5-12-18;1-17(2,3)15-7-9-16(10-8-15)19-14-13-18-11-5-4-6-12-18;1-16(2,3)14-6-8-15(9-7-14)18-13-5-12-17-10-4-11-17;1-13(2)17-11-6-12-18-15-9-7-14(8-10-15)16(3,4)5;2*1-15(2,3)14-9-12(16-10-17-14)6-11-7-13(8-11)18(4)5;1-13(2,3)11-4-5-14-12(7-11)6-10-8-15-9-10/h12-13,15H,4-11H2,1-3H3,(H,19,20);2*7-10H,4-6,11-14H2,1-3H3;6-9H,4-5,10-13H2,1-3H3;7-10,13,17H,6,11-12H2,1-5H3;2*9-11,13H,6-8H2,1-5H3;4-5,7,10H,6,8-9H2,1-3H3. The molecular formula is C127H204N14O5. The van der Waals surface area contributed by atoms with E-state index in [9.17, 15) is 0 Å². The van der Waals surface area contributed by atoms with Crippen molar-refractivity contribution >= 4 is 11.6 Å². The molecule has 812 valence electrons. The summed E-state index contributed by atoms with van der Waals surface area (Å²) in [5.74, 6) is 8.49. The minimum Gasteiger partial charge on any atom is -0.494 e. The quantitative estimate of drug-likeness (QED) is 0.0394. The van der Waals surface area contributed by atoms with Crippen LogP contribution in [0.5, 0.6) is 23.0 Å². The first kappa shape index (κ1) is 121. The van der Waals surface area contributed by atoms with Gasteiger partial charge in [0.2, 0.25) is 0 Å². The van der Waals surface area contributed by atoms with Crippen molar-refractivity contribution in [3.8, 4) is 23.0 Å². The third-order valence-corrected chi connectivity index (χ3v) is 29.6. The zero-order valence-electron chi connectivity index (χ0n) is 97.7. The highest BCUT2D eigenvalue weighted by molar-refractivity contribution is 5.53. The molecule has 0 bridgehead atoms. The number of hydrogen-bond donors (Lipinski definition) is 2. The average molecular weight is 2010 g/mol. The molecule has 2 N–H and O–H groups in total. The Morgan fingerprint density at radius 2 is 0.705 bits per heavy atom. The number of ether oxygens (including phenoxy) is 5. The minimum absolute atomic E-state index is 0.115. The molecule has 9 heterocycles. The van der Waals surface area contributed by atoms with Crippen LogP contribution in [0.15, 0.2) is 152 Å². The molecule has 0 unspecified atom stereocenters. The second-order valence-electron chi connectivity index (χ2n) is 52.0. The van der Waals surface area contributed by atoms with Crippen LogP contribution in [0.3, 0.4) is 0 Å². The second kappa shape index (κ2) is 58.5. The van der Waals surface area contributed by atoms with Gasteiger partial charge in [0, 0.05) is 108 Å². The summed E-state index contributed by atoms with van der Waals surface area (Å²) in [7, 11) is 8.68. The van der Waals surface area contributed by atoms with Gasteiger partial charge in [-0.15, -0.1) is 0 Å². The van der Waals surface area contributed by atoms with Crippen molar-refractivity contribution in [1.82, 2.24) is 59.7 Å². The molecule has 0 amide bonds. The van der Waals surface area contributed by atoms with Crippen LogP contribution in [0.1, 0.15) is 364 Å². The average Bonchev–Trinajstić information content (AvgIpc) is 0.845. The van der Waals surface area contributed by atoms with E-state index in [2.05, 4.69) is 407 Å². The maximum absolute atomic E-state index is 5.83. The normalized spacial score (nSPS) is 18.6. The van der Waals surface area contributed by atoms with E-state index in [1.165, 1.54) is 211 Å². The predicted molar refractivity (Wildman–Crippen MR) is 617 cm³/mol. The Hall–Kier alpha value is -8.14. The van der Waals surface area contributed by atoms with Crippen LogP contribution < -0.4 is 34.5 Å². The Balaban J connectivity index is 0.000000186. The van der Waals surface area contributed by atoms with Gasteiger partial charge in [-0.1, -0.05) is 235 Å². The van der Waals surface area contributed by atoms with E-state index in [1.54, 1.807) is 12.7 Å². The lowest BCUT2D eigenvalue weighted by Gasteiger charge is -2.39. The largest absolute Gasteiger partial charge is 0.494 e.